The lowest BCUT2D eigenvalue weighted by molar-refractivity contribution is -0.125. The van der Waals surface area contributed by atoms with Crippen molar-refractivity contribution >= 4 is 17.5 Å². The Bertz CT molecular complexity index is 890. The largest absolute Gasteiger partial charge is 0.349 e. The molecule has 0 bridgehead atoms. The van der Waals surface area contributed by atoms with Crippen molar-refractivity contribution in [1.29, 1.82) is 0 Å². The van der Waals surface area contributed by atoms with Gasteiger partial charge >= 0.3 is 0 Å². The molecule has 1 fully saturated rings. The fourth-order valence-corrected chi connectivity index (χ4v) is 3.83. The molecule has 2 aromatic carbocycles. The second-order valence-corrected chi connectivity index (χ2v) is 7.66. The Hall–Kier alpha value is -2.92. The van der Waals surface area contributed by atoms with Gasteiger partial charge in [0.1, 0.15) is 0 Å². The molecule has 0 radical (unpaired) electrons. The molecule has 2 amide bonds. The number of nitrogens with zero attached hydrogens (tertiary/aromatic N) is 1. The number of amides is 2. The Balaban J connectivity index is 1.42. The average Bonchev–Trinajstić information content (AvgIpc) is 3.13. The predicted octanol–water partition coefficient (Wildman–Crippen LogP) is 2.61. The van der Waals surface area contributed by atoms with Crippen molar-refractivity contribution in [3.63, 3.8) is 0 Å². The molecule has 0 spiro atoms. The van der Waals surface area contributed by atoms with E-state index in [1.807, 2.05) is 47.4 Å². The predicted molar refractivity (Wildman–Crippen MR) is 115 cm³/mol. The molecule has 5 nitrogen and oxygen atoms in total. The van der Waals surface area contributed by atoms with Crippen molar-refractivity contribution < 1.29 is 9.59 Å². The number of nitrogens with one attached hydrogen (secondary N) is 2. The number of benzene rings is 2. The van der Waals surface area contributed by atoms with Crippen LogP contribution in [0.4, 0.5) is 5.69 Å². The van der Waals surface area contributed by atoms with Gasteiger partial charge < -0.3 is 15.5 Å². The van der Waals surface area contributed by atoms with Crippen molar-refractivity contribution in [3.05, 3.63) is 77.9 Å². The Morgan fingerprint density at radius 3 is 2.66 bits per heavy atom. The van der Waals surface area contributed by atoms with Gasteiger partial charge in [-0.2, -0.15) is 0 Å². The highest BCUT2D eigenvalue weighted by Gasteiger charge is 2.26. The summed E-state index contributed by atoms with van der Waals surface area (Å²) in [5, 5.41) is 6.23. The standard InChI is InChI=1S/C24H27N3O2/c28-23(27-17-15-19-8-4-5-9-22(19)27)13-12-20(26-24(29)21-14-16-25-21)11-10-18-6-2-1-3-7-18/h1-9,12-13,20-21,25H,10-11,14-17H2,(H,26,29). The van der Waals surface area contributed by atoms with Crippen molar-refractivity contribution in [2.75, 3.05) is 18.0 Å². The first-order chi connectivity index (χ1) is 14.2. The lowest BCUT2D eigenvalue weighted by Crippen LogP contribution is -2.54. The zero-order chi connectivity index (χ0) is 20.1. The van der Waals surface area contributed by atoms with Crippen LogP contribution < -0.4 is 15.5 Å². The molecule has 2 unspecified atom stereocenters. The average molecular weight is 389 g/mol. The maximum atomic E-state index is 12.8. The Kier molecular flexibility index (Phi) is 6.06. The topological polar surface area (TPSA) is 61.4 Å². The summed E-state index contributed by atoms with van der Waals surface area (Å²) in [6, 6.07) is 18.0. The summed E-state index contributed by atoms with van der Waals surface area (Å²) in [6.45, 7) is 1.59. The lowest BCUT2D eigenvalue weighted by atomic mass is 10.0. The molecular formula is C24H27N3O2. The number of fused-ring (bicyclic) bond motifs is 1. The number of aryl methyl sites for hydroxylation is 1. The second-order valence-electron chi connectivity index (χ2n) is 7.66. The van der Waals surface area contributed by atoms with E-state index in [9.17, 15) is 9.59 Å². The van der Waals surface area contributed by atoms with E-state index in [1.54, 1.807) is 6.08 Å². The summed E-state index contributed by atoms with van der Waals surface area (Å²) >= 11 is 0. The van der Waals surface area contributed by atoms with E-state index in [4.69, 9.17) is 0 Å². The molecule has 1 saturated heterocycles. The molecule has 0 aromatic heterocycles. The van der Waals surface area contributed by atoms with Gasteiger partial charge in [0.25, 0.3) is 5.91 Å². The van der Waals surface area contributed by atoms with Crippen LogP contribution in [0.3, 0.4) is 0 Å². The second kappa shape index (κ2) is 9.05. The molecule has 0 aliphatic carbocycles. The number of para-hydroxylation sites is 1. The third-order valence-electron chi connectivity index (χ3n) is 5.68. The minimum atomic E-state index is -0.174. The van der Waals surface area contributed by atoms with E-state index in [0.29, 0.717) is 6.54 Å². The first kappa shape index (κ1) is 19.4. The third-order valence-corrected chi connectivity index (χ3v) is 5.68. The van der Waals surface area contributed by atoms with Gasteiger partial charge in [-0.1, -0.05) is 54.6 Å². The lowest BCUT2D eigenvalue weighted by Gasteiger charge is -2.28. The van der Waals surface area contributed by atoms with Crippen LogP contribution in [0.25, 0.3) is 0 Å². The van der Waals surface area contributed by atoms with Gasteiger partial charge in [0.05, 0.1) is 6.04 Å². The number of carbonyl (C=O) groups is 2. The number of anilines is 1. The maximum absolute atomic E-state index is 12.8. The summed E-state index contributed by atoms with van der Waals surface area (Å²) in [5.41, 5.74) is 3.42. The van der Waals surface area contributed by atoms with Crippen LogP contribution in [0.5, 0.6) is 0 Å². The third kappa shape index (κ3) is 4.74. The molecule has 0 saturated carbocycles. The minimum Gasteiger partial charge on any atom is -0.349 e. The van der Waals surface area contributed by atoms with E-state index in [2.05, 4.69) is 28.8 Å². The highest BCUT2D eigenvalue weighted by molar-refractivity contribution is 6.03. The van der Waals surface area contributed by atoms with Gasteiger partial charge in [0.2, 0.25) is 5.91 Å². The zero-order valence-corrected chi connectivity index (χ0v) is 16.5. The van der Waals surface area contributed by atoms with Crippen LogP contribution in [0.1, 0.15) is 24.0 Å². The number of rotatable bonds is 7. The molecule has 4 rings (SSSR count). The minimum absolute atomic E-state index is 0.0120. The van der Waals surface area contributed by atoms with Crippen LogP contribution in [0, 0.1) is 0 Å². The van der Waals surface area contributed by atoms with Crippen LogP contribution in [0.2, 0.25) is 0 Å². The molecule has 2 heterocycles. The molecule has 2 N–H and O–H groups in total. The summed E-state index contributed by atoms with van der Waals surface area (Å²) in [7, 11) is 0. The first-order valence-corrected chi connectivity index (χ1v) is 10.4. The fourth-order valence-electron chi connectivity index (χ4n) is 3.83. The Morgan fingerprint density at radius 1 is 1.14 bits per heavy atom. The molecule has 150 valence electrons. The van der Waals surface area contributed by atoms with Crippen LogP contribution in [-0.4, -0.2) is 37.0 Å². The van der Waals surface area contributed by atoms with Gasteiger partial charge in [0, 0.05) is 24.4 Å². The van der Waals surface area contributed by atoms with Crippen molar-refractivity contribution in [1.82, 2.24) is 10.6 Å². The van der Waals surface area contributed by atoms with E-state index in [0.717, 1.165) is 37.9 Å². The van der Waals surface area contributed by atoms with Crippen molar-refractivity contribution in [2.45, 2.75) is 37.8 Å². The molecule has 2 aliphatic heterocycles. The van der Waals surface area contributed by atoms with Crippen LogP contribution >= 0.6 is 0 Å². The van der Waals surface area contributed by atoms with Gasteiger partial charge in [-0.25, -0.2) is 0 Å². The van der Waals surface area contributed by atoms with Crippen LogP contribution in [0.15, 0.2) is 66.7 Å². The summed E-state index contributed by atoms with van der Waals surface area (Å²) < 4.78 is 0. The van der Waals surface area contributed by atoms with Gasteiger partial charge in [-0.3, -0.25) is 9.59 Å². The first-order valence-electron chi connectivity index (χ1n) is 10.4. The Labute approximate surface area is 171 Å². The molecule has 2 aliphatic rings. The number of hydrogen-bond donors (Lipinski definition) is 2. The van der Waals surface area contributed by atoms with E-state index >= 15 is 0 Å². The van der Waals surface area contributed by atoms with Crippen LogP contribution in [-0.2, 0) is 22.4 Å². The summed E-state index contributed by atoms with van der Waals surface area (Å²) in [5.74, 6) is -0.0198. The fraction of sp³-hybridized carbons (Fsp3) is 0.333. The highest BCUT2D eigenvalue weighted by Crippen LogP contribution is 2.27. The van der Waals surface area contributed by atoms with Gasteiger partial charge in [-0.15, -0.1) is 0 Å². The van der Waals surface area contributed by atoms with Crippen molar-refractivity contribution in [2.24, 2.45) is 0 Å². The highest BCUT2D eigenvalue weighted by atomic mass is 16.2. The number of carbonyl (C=O) groups excluding carboxylic acids is 2. The summed E-state index contributed by atoms with van der Waals surface area (Å²) in [4.78, 5) is 27.0. The van der Waals surface area contributed by atoms with E-state index in [1.165, 1.54) is 11.1 Å². The maximum Gasteiger partial charge on any atom is 0.250 e. The Morgan fingerprint density at radius 2 is 1.90 bits per heavy atom. The number of hydrogen-bond acceptors (Lipinski definition) is 3. The molecular weight excluding hydrogens is 362 g/mol. The SMILES string of the molecule is O=C(NC(C=CC(=O)N1CCc2ccccc21)CCc1ccccc1)C1CCN1. The monoisotopic (exact) mass is 389 g/mol. The van der Waals surface area contributed by atoms with E-state index in [-0.39, 0.29) is 23.9 Å². The van der Waals surface area contributed by atoms with E-state index < -0.39 is 0 Å². The summed E-state index contributed by atoms with van der Waals surface area (Å²) in [6.07, 6.45) is 6.81. The van der Waals surface area contributed by atoms with Gasteiger partial charge in [0.15, 0.2) is 0 Å². The zero-order valence-electron chi connectivity index (χ0n) is 16.5. The molecule has 2 atom stereocenters. The molecule has 2 aromatic rings. The van der Waals surface area contributed by atoms with Gasteiger partial charge in [-0.05, 0) is 49.4 Å². The smallest absolute Gasteiger partial charge is 0.250 e. The molecule has 29 heavy (non-hydrogen) atoms. The van der Waals surface area contributed by atoms with Crippen molar-refractivity contribution in [3.8, 4) is 0 Å². The quantitative estimate of drug-likeness (QED) is 0.716. The molecule has 5 heteroatoms. The normalized spacial score (nSPS) is 18.9.